The number of ether oxygens (including phenoxy) is 1. The highest BCUT2D eigenvalue weighted by Gasteiger charge is 2.06. The van der Waals surface area contributed by atoms with Crippen molar-refractivity contribution in [3.05, 3.63) is 65.5 Å². The maximum Gasteiger partial charge on any atom is 0.251 e. The third-order valence-electron chi connectivity index (χ3n) is 3.74. The molecule has 0 aliphatic rings. The molecule has 0 unspecified atom stereocenters. The molecule has 1 amide bonds. The largest absolute Gasteiger partial charge is 0.497 e. The average molecular weight is 372 g/mol. The molecule has 2 aromatic rings. The Labute approximate surface area is 158 Å². The highest BCUT2D eigenvalue weighted by molar-refractivity contribution is 5.94. The summed E-state index contributed by atoms with van der Waals surface area (Å²) in [6, 6.07) is 13.5. The molecule has 0 atom stereocenters. The van der Waals surface area contributed by atoms with Crippen molar-refractivity contribution < 1.29 is 13.9 Å². The number of hydrogen-bond donors (Lipinski definition) is 3. The predicted molar refractivity (Wildman–Crippen MR) is 105 cm³/mol. The number of hydrogen-bond acceptors (Lipinski definition) is 3. The van der Waals surface area contributed by atoms with Crippen molar-refractivity contribution in [1.29, 1.82) is 0 Å². The van der Waals surface area contributed by atoms with Gasteiger partial charge in [0.2, 0.25) is 0 Å². The third kappa shape index (κ3) is 6.62. The second-order valence-electron chi connectivity index (χ2n) is 5.70. The van der Waals surface area contributed by atoms with Gasteiger partial charge in [-0.2, -0.15) is 0 Å². The van der Waals surface area contributed by atoms with Crippen LogP contribution < -0.4 is 20.7 Å². The molecule has 0 radical (unpaired) electrons. The van der Waals surface area contributed by atoms with Gasteiger partial charge in [0.25, 0.3) is 5.91 Å². The Kier molecular flexibility index (Phi) is 8.09. The summed E-state index contributed by atoms with van der Waals surface area (Å²) in [4.78, 5) is 16.5. The lowest BCUT2D eigenvalue weighted by Crippen LogP contribution is -2.41. The van der Waals surface area contributed by atoms with Crippen molar-refractivity contribution in [2.45, 2.75) is 13.5 Å². The van der Waals surface area contributed by atoms with Gasteiger partial charge < -0.3 is 20.7 Å². The minimum Gasteiger partial charge on any atom is -0.497 e. The van der Waals surface area contributed by atoms with Crippen LogP contribution in [0.5, 0.6) is 5.75 Å². The number of benzene rings is 2. The molecule has 7 heteroatoms. The summed E-state index contributed by atoms with van der Waals surface area (Å²) < 4.78 is 18.8. The minimum atomic E-state index is -0.275. The van der Waals surface area contributed by atoms with Crippen molar-refractivity contribution in [3.8, 4) is 5.75 Å². The zero-order valence-electron chi connectivity index (χ0n) is 15.6. The number of halogens is 1. The van der Waals surface area contributed by atoms with Crippen LogP contribution in [0.4, 0.5) is 4.39 Å². The molecule has 3 N–H and O–H groups in total. The molecule has 6 nitrogen and oxygen atoms in total. The summed E-state index contributed by atoms with van der Waals surface area (Å²) in [6.45, 7) is 3.77. The van der Waals surface area contributed by atoms with Gasteiger partial charge >= 0.3 is 0 Å². The molecule has 0 fully saturated rings. The van der Waals surface area contributed by atoms with Crippen molar-refractivity contribution in [2.24, 2.45) is 4.99 Å². The van der Waals surface area contributed by atoms with Crippen LogP contribution in [0.15, 0.2) is 53.5 Å². The number of aliphatic imine (C=N–C) groups is 1. The maximum absolute atomic E-state index is 13.7. The van der Waals surface area contributed by atoms with E-state index in [0.717, 1.165) is 0 Å². The quantitative estimate of drug-likeness (QED) is 0.378. The van der Waals surface area contributed by atoms with Gasteiger partial charge in [0.05, 0.1) is 13.7 Å². The van der Waals surface area contributed by atoms with Crippen molar-refractivity contribution >= 4 is 11.9 Å². The maximum atomic E-state index is 13.7. The van der Waals surface area contributed by atoms with E-state index in [9.17, 15) is 9.18 Å². The lowest BCUT2D eigenvalue weighted by atomic mass is 10.2. The van der Waals surface area contributed by atoms with Gasteiger partial charge in [0.1, 0.15) is 11.6 Å². The Bertz CT molecular complexity index is 780. The highest BCUT2D eigenvalue weighted by Crippen LogP contribution is 2.12. The predicted octanol–water partition coefficient (Wildman–Crippen LogP) is 2.32. The van der Waals surface area contributed by atoms with E-state index in [4.69, 9.17) is 4.74 Å². The number of carbonyl (C=O) groups excluding carboxylic acids is 1. The summed E-state index contributed by atoms with van der Waals surface area (Å²) in [5, 5.41) is 9.04. The first kappa shape index (κ1) is 20.2. The van der Waals surface area contributed by atoms with Crippen LogP contribution in [0.3, 0.4) is 0 Å². The number of amides is 1. The molecule has 0 spiro atoms. The Morgan fingerprint density at radius 2 is 1.85 bits per heavy atom. The van der Waals surface area contributed by atoms with Crippen molar-refractivity contribution in [3.63, 3.8) is 0 Å². The van der Waals surface area contributed by atoms with E-state index in [2.05, 4.69) is 20.9 Å². The summed E-state index contributed by atoms with van der Waals surface area (Å²) in [7, 11) is 1.56. The SMILES string of the molecule is CCNC(=NCc1ccccc1F)NCCNC(=O)c1cccc(OC)c1. The fourth-order valence-corrected chi connectivity index (χ4v) is 2.36. The van der Waals surface area contributed by atoms with Crippen molar-refractivity contribution in [1.82, 2.24) is 16.0 Å². The number of guanidine groups is 1. The molecule has 0 bridgehead atoms. The Morgan fingerprint density at radius 3 is 2.59 bits per heavy atom. The first-order valence-electron chi connectivity index (χ1n) is 8.82. The fourth-order valence-electron chi connectivity index (χ4n) is 2.36. The van der Waals surface area contributed by atoms with Crippen LogP contribution in [-0.2, 0) is 6.54 Å². The minimum absolute atomic E-state index is 0.177. The smallest absolute Gasteiger partial charge is 0.251 e. The molecular weight excluding hydrogens is 347 g/mol. The van der Waals surface area contributed by atoms with Crippen LogP contribution in [0.25, 0.3) is 0 Å². The van der Waals surface area contributed by atoms with E-state index in [0.29, 0.717) is 42.5 Å². The molecule has 0 aromatic heterocycles. The topological polar surface area (TPSA) is 74.8 Å². The van der Waals surface area contributed by atoms with E-state index in [1.54, 1.807) is 49.6 Å². The van der Waals surface area contributed by atoms with Crippen LogP contribution in [-0.4, -0.2) is 38.6 Å². The average Bonchev–Trinajstić information content (AvgIpc) is 2.70. The number of methoxy groups -OCH3 is 1. The molecule has 2 aromatic carbocycles. The van der Waals surface area contributed by atoms with Crippen LogP contribution in [0.1, 0.15) is 22.8 Å². The highest BCUT2D eigenvalue weighted by atomic mass is 19.1. The van der Waals surface area contributed by atoms with Gasteiger partial charge in [0, 0.05) is 30.8 Å². The molecule has 144 valence electrons. The van der Waals surface area contributed by atoms with Gasteiger partial charge in [-0.05, 0) is 31.2 Å². The number of nitrogens with one attached hydrogen (secondary N) is 3. The first-order chi connectivity index (χ1) is 13.1. The van der Waals surface area contributed by atoms with Crippen LogP contribution in [0.2, 0.25) is 0 Å². The van der Waals surface area contributed by atoms with E-state index >= 15 is 0 Å². The normalized spacial score (nSPS) is 11.0. The lowest BCUT2D eigenvalue weighted by Gasteiger charge is -2.12. The summed E-state index contributed by atoms with van der Waals surface area (Å²) in [5.74, 6) is 0.749. The van der Waals surface area contributed by atoms with Crippen molar-refractivity contribution in [2.75, 3.05) is 26.7 Å². The molecular formula is C20H25FN4O2. The Morgan fingerprint density at radius 1 is 1.07 bits per heavy atom. The molecule has 0 aliphatic heterocycles. The molecule has 27 heavy (non-hydrogen) atoms. The third-order valence-corrected chi connectivity index (χ3v) is 3.74. The van der Waals surface area contributed by atoms with Gasteiger partial charge in [-0.1, -0.05) is 24.3 Å². The number of carbonyl (C=O) groups is 1. The first-order valence-corrected chi connectivity index (χ1v) is 8.82. The fraction of sp³-hybridized carbons (Fsp3) is 0.300. The lowest BCUT2D eigenvalue weighted by molar-refractivity contribution is 0.0954. The Hall–Kier alpha value is -3.09. The summed E-state index contributed by atoms with van der Waals surface area (Å²) >= 11 is 0. The van der Waals surface area contributed by atoms with E-state index in [1.807, 2.05) is 6.92 Å². The molecule has 0 saturated carbocycles. The van der Waals surface area contributed by atoms with E-state index in [-0.39, 0.29) is 18.3 Å². The molecule has 0 aliphatic carbocycles. The zero-order valence-corrected chi connectivity index (χ0v) is 15.6. The molecule has 0 saturated heterocycles. The van der Waals surface area contributed by atoms with Crippen LogP contribution in [0, 0.1) is 5.82 Å². The van der Waals surface area contributed by atoms with Gasteiger partial charge in [-0.25, -0.2) is 9.38 Å². The van der Waals surface area contributed by atoms with Crippen LogP contribution >= 0.6 is 0 Å². The number of nitrogens with zero attached hydrogens (tertiary/aromatic N) is 1. The summed E-state index contributed by atoms with van der Waals surface area (Å²) in [5.41, 5.74) is 1.07. The Balaban J connectivity index is 1.82. The van der Waals surface area contributed by atoms with Gasteiger partial charge in [-0.3, -0.25) is 4.79 Å². The molecule has 2 rings (SSSR count). The van der Waals surface area contributed by atoms with E-state index in [1.165, 1.54) is 6.07 Å². The second-order valence-corrected chi connectivity index (χ2v) is 5.70. The monoisotopic (exact) mass is 372 g/mol. The zero-order chi connectivity index (χ0) is 19.5. The summed E-state index contributed by atoms with van der Waals surface area (Å²) in [6.07, 6.45) is 0. The standard InChI is InChI=1S/C20H25FN4O2/c1-3-22-20(25-14-16-7-4-5-10-18(16)21)24-12-11-23-19(26)15-8-6-9-17(13-15)27-2/h4-10,13H,3,11-12,14H2,1-2H3,(H,23,26)(H2,22,24,25). The number of rotatable bonds is 8. The second kappa shape index (κ2) is 10.8. The van der Waals surface area contributed by atoms with Gasteiger partial charge in [-0.15, -0.1) is 0 Å². The van der Waals surface area contributed by atoms with Gasteiger partial charge in [0.15, 0.2) is 5.96 Å². The van der Waals surface area contributed by atoms with E-state index < -0.39 is 0 Å². The molecule has 0 heterocycles.